The lowest BCUT2D eigenvalue weighted by molar-refractivity contribution is -0.142. The van der Waals surface area contributed by atoms with Crippen molar-refractivity contribution in [3.8, 4) is 11.5 Å². The quantitative estimate of drug-likeness (QED) is 0.856. The van der Waals surface area contributed by atoms with Crippen molar-refractivity contribution in [3.05, 3.63) is 59.4 Å². The summed E-state index contributed by atoms with van der Waals surface area (Å²) >= 11 is 0. The zero-order valence-corrected chi connectivity index (χ0v) is 14.8. The SMILES string of the molecule is COc1cccc(C(c2ccc(OC)c(F)c2)N2CCCC2C(=O)O)c1. The van der Waals surface area contributed by atoms with Crippen molar-refractivity contribution in [2.75, 3.05) is 20.8 Å². The number of benzene rings is 2. The Morgan fingerprint density at radius 2 is 1.96 bits per heavy atom. The van der Waals surface area contributed by atoms with E-state index in [0.29, 0.717) is 24.3 Å². The van der Waals surface area contributed by atoms with Gasteiger partial charge in [-0.3, -0.25) is 9.69 Å². The fraction of sp³-hybridized carbons (Fsp3) is 0.350. The molecule has 1 fully saturated rings. The molecule has 3 rings (SSSR count). The zero-order chi connectivity index (χ0) is 18.7. The van der Waals surface area contributed by atoms with E-state index in [-0.39, 0.29) is 11.8 Å². The summed E-state index contributed by atoms with van der Waals surface area (Å²) in [6, 6.07) is 11.2. The van der Waals surface area contributed by atoms with Crippen molar-refractivity contribution in [1.29, 1.82) is 0 Å². The Balaban J connectivity index is 2.09. The van der Waals surface area contributed by atoms with Crippen LogP contribution in [0.15, 0.2) is 42.5 Å². The lowest BCUT2D eigenvalue weighted by Gasteiger charge is -2.32. The second-order valence-corrected chi connectivity index (χ2v) is 6.31. The Morgan fingerprint density at radius 3 is 2.62 bits per heavy atom. The summed E-state index contributed by atoms with van der Waals surface area (Å²) in [5, 5.41) is 9.60. The van der Waals surface area contributed by atoms with Gasteiger partial charge in [0.1, 0.15) is 11.8 Å². The van der Waals surface area contributed by atoms with Gasteiger partial charge in [-0.05, 0) is 48.2 Å². The van der Waals surface area contributed by atoms with Gasteiger partial charge in [0, 0.05) is 6.54 Å². The number of rotatable bonds is 6. The smallest absolute Gasteiger partial charge is 0.320 e. The third-order valence-corrected chi connectivity index (χ3v) is 4.81. The molecule has 0 saturated carbocycles. The van der Waals surface area contributed by atoms with Crippen molar-refractivity contribution in [3.63, 3.8) is 0 Å². The van der Waals surface area contributed by atoms with Gasteiger partial charge in [0.2, 0.25) is 0 Å². The summed E-state index contributed by atoms with van der Waals surface area (Å²) in [6.45, 7) is 0.631. The fourth-order valence-electron chi connectivity index (χ4n) is 3.60. The third kappa shape index (κ3) is 3.51. The Labute approximate surface area is 152 Å². The Bertz CT molecular complexity index is 795. The minimum absolute atomic E-state index is 0.161. The predicted octanol–water partition coefficient (Wildman–Crippen LogP) is 3.48. The number of methoxy groups -OCH3 is 2. The molecule has 6 heteroatoms. The summed E-state index contributed by atoms with van der Waals surface area (Å²) in [4.78, 5) is 13.6. The van der Waals surface area contributed by atoms with Gasteiger partial charge < -0.3 is 14.6 Å². The molecule has 0 amide bonds. The molecule has 138 valence electrons. The number of nitrogens with zero attached hydrogens (tertiary/aromatic N) is 1. The molecule has 2 aromatic carbocycles. The highest BCUT2D eigenvalue weighted by atomic mass is 19.1. The van der Waals surface area contributed by atoms with Crippen LogP contribution in [-0.4, -0.2) is 42.8 Å². The maximum absolute atomic E-state index is 14.3. The minimum atomic E-state index is -0.857. The van der Waals surface area contributed by atoms with Gasteiger partial charge in [0.15, 0.2) is 11.6 Å². The molecule has 1 aliphatic heterocycles. The summed E-state index contributed by atoms with van der Waals surface area (Å²) in [5.74, 6) is -0.491. The first kappa shape index (κ1) is 18.2. The van der Waals surface area contributed by atoms with E-state index in [1.807, 2.05) is 29.2 Å². The minimum Gasteiger partial charge on any atom is -0.497 e. The molecule has 1 heterocycles. The van der Waals surface area contributed by atoms with Crippen LogP contribution in [0.25, 0.3) is 0 Å². The van der Waals surface area contributed by atoms with Crippen molar-refractivity contribution in [2.24, 2.45) is 0 Å². The molecule has 0 radical (unpaired) electrons. The monoisotopic (exact) mass is 359 g/mol. The number of halogens is 1. The van der Waals surface area contributed by atoms with E-state index in [9.17, 15) is 14.3 Å². The predicted molar refractivity (Wildman–Crippen MR) is 95.2 cm³/mol. The van der Waals surface area contributed by atoms with Crippen LogP contribution in [0.4, 0.5) is 4.39 Å². The van der Waals surface area contributed by atoms with Crippen LogP contribution in [0.2, 0.25) is 0 Å². The highest BCUT2D eigenvalue weighted by Crippen LogP contribution is 2.37. The third-order valence-electron chi connectivity index (χ3n) is 4.81. The topological polar surface area (TPSA) is 59.0 Å². The summed E-state index contributed by atoms with van der Waals surface area (Å²) in [7, 11) is 3.00. The maximum atomic E-state index is 14.3. The van der Waals surface area contributed by atoms with Crippen LogP contribution >= 0.6 is 0 Å². The van der Waals surface area contributed by atoms with Gasteiger partial charge in [-0.25, -0.2) is 4.39 Å². The average Bonchev–Trinajstić information content (AvgIpc) is 3.12. The number of ether oxygens (including phenoxy) is 2. The number of hydrogen-bond donors (Lipinski definition) is 1. The second kappa shape index (κ2) is 7.74. The summed E-state index contributed by atoms with van der Waals surface area (Å²) in [6.07, 6.45) is 1.37. The number of hydrogen-bond acceptors (Lipinski definition) is 4. The number of aliphatic carboxylic acids is 1. The second-order valence-electron chi connectivity index (χ2n) is 6.31. The van der Waals surface area contributed by atoms with Crippen LogP contribution in [0.1, 0.15) is 30.0 Å². The van der Waals surface area contributed by atoms with Gasteiger partial charge in [-0.2, -0.15) is 0 Å². The normalized spacial score (nSPS) is 18.5. The van der Waals surface area contributed by atoms with Crippen LogP contribution in [0, 0.1) is 5.82 Å². The van der Waals surface area contributed by atoms with E-state index in [4.69, 9.17) is 9.47 Å². The lowest BCUT2D eigenvalue weighted by Crippen LogP contribution is -2.39. The van der Waals surface area contributed by atoms with E-state index >= 15 is 0 Å². The molecule has 0 aromatic heterocycles. The molecule has 1 saturated heterocycles. The Morgan fingerprint density at radius 1 is 1.19 bits per heavy atom. The zero-order valence-electron chi connectivity index (χ0n) is 14.8. The molecule has 0 aliphatic carbocycles. The summed E-state index contributed by atoms with van der Waals surface area (Å²) in [5.41, 5.74) is 1.55. The highest BCUT2D eigenvalue weighted by molar-refractivity contribution is 5.74. The van der Waals surface area contributed by atoms with Crippen LogP contribution in [0.5, 0.6) is 11.5 Å². The van der Waals surface area contributed by atoms with Gasteiger partial charge in [0.05, 0.1) is 20.3 Å². The van der Waals surface area contributed by atoms with Gasteiger partial charge in [-0.15, -0.1) is 0 Å². The van der Waals surface area contributed by atoms with Crippen LogP contribution in [0.3, 0.4) is 0 Å². The van der Waals surface area contributed by atoms with Crippen LogP contribution < -0.4 is 9.47 Å². The van der Waals surface area contributed by atoms with E-state index in [2.05, 4.69) is 0 Å². The van der Waals surface area contributed by atoms with Crippen molar-refractivity contribution in [1.82, 2.24) is 4.90 Å². The molecule has 5 nitrogen and oxygen atoms in total. The molecule has 2 unspecified atom stereocenters. The molecule has 2 atom stereocenters. The van der Waals surface area contributed by atoms with E-state index in [1.54, 1.807) is 19.2 Å². The standard InChI is InChI=1S/C20H22FNO4/c1-25-15-6-3-5-13(11-15)19(22-10-4-7-17(22)20(23)24)14-8-9-18(26-2)16(21)12-14/h3,5-6,8-9,11-12,17,19H,4,7,10H2,1-2H3,(H,23,24). The molecule has 0 spiro atoms. The van der Waals surface area contributed by atoms with Crippen LogP contribution in [-0.2, 0) is 4.79 Å². The number of likely N-dealkylation sites (tertiary alicyclic amines) is 1. The summed E-state index contributed by atoms with van der Waals surface area (Å²) < 4.78 is 24.6. The number of carboxylic acids is 1. The van der Waals surface area contributed by atoms with Crippen molar-refractivity contribution in [2.45, 2.75) is 24.9 Å². The van der Waals surface area contributed by atoms with Gasteiger partial charge in [0.25, 0.3) is 0 Å². The molecule has 0 bridgehead atoms. The Hall–Kier alpha value is -2.60. The molecular formula is C20H22FNO4. The molecule has 26 heavy (non-hydrogen) atoms. The van der Waals surface area contributed by atoms with E-state index < -0.39 is 17.8 Å². The molecule has 1 aliphatic rings. The largest absolute Gasteiger partial charge is 0.497 e. The first-order chi connectivity index (χ1) is 12.5. The van der Waals surface area contributed by atoms with E-state index in [1.165, 1.54) is 13.2 Å². The average molecular weight is 359 g/mol. The maximum Gasteiger partial charge on any atom is 0.320 e. The first-order valence-electron chi connectivity index (χ1n) is 8.51. The highest BCUT2D eigenvalue weighted by Gasteiger charge is 2.37. The fourth-order valence-corrected chi connectivity index (χ4v) is 3.60. The van der Waals surface area contributed by atoms with Gasteiger partial charge in [-0.1, -0.05) is 18.2 Å². The molecule has 1 N–H and O–H groups in total. The van der Waals surface area contributed by atoms with Crippen molar-refractivity contribution < 1.29 is 23.8 Å². The molecule has 2 aromatic rings. The number of carbonyl (C=O) groups is 1. The number of carboxylic acid groups (broad SMARTS) is 1. The molecular weight excluding hydrogens is 337 g/mol. The van der Waals surface area contributed by atoms with Gasteiger partial charge >= 0.3 is 5.97 Å². The first-order valence-corrected chi connectivity index (χ1v) is 8.51. The Kier molecular flexibility index (Phi) is 5.42. The van der Waals surface area contributed by atoms with Crippen molar-refractivity contribution >= 4 is 5.97 Å². The van der Waals surface area contributed by atoms with E-state index in [0.717, 1.165) is 12.0 Å². The lowest BCUT2D eigenvalue weighted by atomic mass is 9.95.